The largest absolute Gasteiger partial charge is 0.492 e. The first-order chi connectivity index (χ1) is 14.0. The topological polar surface area (TPSA) is 91.3 Å². The van der Waals surface area contributed by atoms with Crippen LogP contribution < -0.4 is 20.7 Å². The summed E-state index contributed by atoms with van der Waals surface area (Å²) in [5, 5.41) is 19.4. The van der Waals surface area contributed by atoms with Crippen molar-refractivity contribution in [3.8, 4) is 5.75 Å². The molecule has 0 unspecified atom stereocenters. The van der Waals surface area contributed by atoms with Crippen LogP contribution in [0.2, 0.25) is 0 Å². The van der Waals surface area contributed by atoms with Crippen LogP contribution in [-0.4, -0.2) is 47.9 Å². The predicted molar refractivity (Wildman–Crippen MR) is 111 cm³/mol. The lowest BCUT2D eigenvalue weighted by Gasteiger charge is -2.18. The highest BCUT2D eigenvalue weighted by Gasteiger charge is 2.30. The maximum absolute atomic E-state index is 15.7. The summed E-state index contributed by atoms with van der Waals surface area (Å²) in [4.78, 5) is 8.75. The number of nitrogens with one attached hydrogen (secondary N) is 3. The summed E-state index contributed by atoms with van der Waals surface area (Å²) in [5.41, 5.74) is 3.18. The number of aliphatic hydroxyl groups is 1. The molecule has 0 saturated heterocycles. The van der Waals surface area contributed by atoms with E-state index in [-0.39, 0.29) is 5.92 Å². The van der Waals surface area contributed by atoms with Crippen molar-refractivity contribution in [3.05, 3.63) is 40.8 Å². The third-order valence-corrected chi connectivity index (χ3v) is 5.26. The maximum Gasteiger partial charge on any atom is 0.229 e. The van der Waals surface area contributed by atoms with E-state index < -0.39 is 11.9 Å². The Hall–Kier alpha value is -2.71. The van der Waals surface area contributed by atoms with Gasteiger partial charge >= 0.3 is 0 Å². The van der Waals surface area contributed by atoms with Gasteiger partial charge in [0.25, 0.3) is 0 Å². The minimum Gasteiger partial charge on any atom is -0.492 e. The highest BCUT2D eigenvalue weighted by molar-refractivity contribution is 5.78. The molecule has 3 heterocycles. The summed E-state index contributed by atoms with van der Waals surface area (Å²) < 4.78 is 21.6. The molecule has 2 atom stereocenters. The van der Waals surface area contributed by atoms with E-state index in [2.05, 4.69) is 32.8 Å². The van der Waals surface area contributed by atoms with Gasteiger partial charge in [-0.05, 0) is 18.6 Å². The van der Waals surface area contributed by atoms with E-state index in [9.17, 15) is 5.11 Å². The Labute approximate surface area is 169 Å². The second kappa shape index (κ2) is 7.96. The molecular weight excluding hydrogens is 373 g/mol. The molecule has 2 aliphatic heterocycles. The average Bonchev–Trinajstić information content (AvgIpc) is 2.91. The lowest BCUT2D eigenvalue weighted by Crippen LogP contribution is -2.24. The van der Waals surface area contributed by atoms with Crippen molar-refractivity contribution in [1.29, 1.82) is 0 Å². The number of aryl methyl sites for hydroxylation is 1. The highest BCUT2D eigenvalue weighted by atomic mass is 19.1. The van der Waals surface area contributed by atoms with Crippen LogP contribution in [0, 0.1) is 12.7 Å². The number of rotatable bonds is 4. The van der Waals surface area contributed by atoms with E-state index in [0.29, 0.717) is 54.9 Å². The average molecular weight is 399 g/mol. The fourth-order valence-corrected chi connectivity index (χ4v) is 3.79. The molecule has 2 aromatic rings. The highest BCUT2D eigenvalue weighted by Crippen LogP contribution is 2.45. The van der Waals surface area contributed by atoms with E-state index in [1.807, 2.05) is 19.1 Å². The fraction of sp³-hybridized carbons (Fsp3) is 0.429. The zero-order valence-corrected chi connectivity index (χ0v) is 16.8. The number of hydrogen-bond donors (Lipinski definition) is 4. The van der Waals surface area contributed by atoms with Crippen LogP contribution in [0.5, 0.6) is 5.75 Å². The monoisotopic (exact) mass is 399 g/mol. The molecule has 0 spiro atoms. The van der Waals surface area contributed by atoms with E-state index in [1.54, 1.807) is 13.1 Å². The summed E-state index contributed by atoms with van der Waals surface area (Å²) in [6.45, 7) is 5.46. The summed E-state index contributed by atoms with van der Waals surface area (Å²) in [6, 6.07) is 3.60. The van der Waals surface area contributed by atoms with Crippen LogP contribution in [0.3, 0.4) is 0 Å². The molecule has 0 amide bonds. The van der Waals surface area contributed by atoms with Crippen molar-refractivity contribution in [1.82, 2.24) is 15.3 Å². The maximum atomic E-state index is 15.7. The normalized spacial score (nSPS) is 21.1. The molecule has 0 fully saturated rings. The van der Waals surface area contributed by atoms with E-state index in [0.717, 1.165) is 16.8 Å². The number of halogens is 1. The molecule has 0 aliphatic carbocycles. The summed E-state index contributed by atoms with van der Waals surface area (Å²) in [7, 11) is 1.77. The van der Waals surface area contributed by atoms with Gasteiger partial charge < -0.3 is 25.8 Å². The Morgan fingerprint density at radius 1 is 1.31 bits per heavy atom. The van der Waals surface area contributed by atoms with E-state index in [1.165, 1.54) is 0 Å². The predicted octanol–water partition coefficient (Wildman–Crippen LogP) is 2.94. The number of aromatic nitrogens is 2. The van der Waals surface area contributed by atoms with Gasteiger partial charge in [0.1, 0.15) is 11.6 Å². The first kappa shape index (κ1) is 19.6. The SMILES string of the molecule is CNc1cc(C)nc(Nc2cc3c(c(C4=CCNC[C@H](O)C4)c2F)OC[C@@H]3C)n1. The minimum atomic E-state index is -0.576. The molecule has 4 rings (SSSR count). The second-order valence-corrected chi connectivity index (χ2v) is 7.58. The molecule has 29 heavy (non-hydrogen) atoms. The molecule has 8 heteroatoms. The number of aliphatic hydroxyl groups excluding tert-OH is 1. The Morgan fingerprint density at radius 3 is 2.93 bits per heavy atom. The van der Waals surface area contributed by atoms with Gasteiger partial charge in [-0.3, -0.25) is 0 Å². The van der Waals surface area contributed by atoms with E-state index >= 15 is 4.39 Å². The number of hydrogen-bond acceptors (Lipinski definition) is 7. The number of benzene rings is 1. The van der Waals surface area contributed by atoms with Gasteiger partial charge in [-0.1, -0.05) is 13.0 Å². The van der Waals surface area contributed by atoms with Crippen LogP contribution in [-0.2, 0) is 0 Å². The Balaban J connectivity index is 1.81. The number of ether oxygens (including phenoxy) is 1. The molecule has 1 aromatic heterocycles. The van der Waals surface area contributed by atoms with Gasteiger partial charge in [-0.2, -0.15) is 4.98 Å². The molecule has 2 aliphatic rings. The van der Waals surface area contributed by atoms with Gasteiger partial charge in [-0.25, -0.2) is 9.37 Å². The molecule has 7 nitrogen and oxygen atoms in total. The fourth-order valence-electron chi connectivity index (χ4n) is 3.79. The smallest absolute Gasteiger partial charge is 0.229 e. The van der Waals surface area contributed by atoms with Crippen molar-refractivity contribution < 1.29 is 14.2 Å². The molecule has 0 bridgehead atoms. The Kier molecular flexibility index (Phi) is 5.38. The van der Waals surface area contributed by atoms with Gasteiger partial charge in [-0.15, -0.1) is 0 Å². The first-order valence-electron chi connectivity index (χ1n) is 9.84. The van der Waals surface area contributed by atoms with Crippen molar-refractivity contribution in [2.45, 2.75) is 32.3 Å². The summed E-state index contributed by atoms with van der Waals surface area (Å²) in [6.07, 6.45) is 1.71. The molecule has 1 aromatic carbocycles. The summed E-state index contributed by atoms with van der Waals surface area (Å²) in [5.74, 6) is 1.27. The van der Waals surface area contributed by atoms with Crippen molar-refractivity contribution in [2.75, 3.05) is 37.4 Å². The number of anilines is 3. The van der Waals surface area contributed by atoms with Gasteiger partial charge in [0.05, 0.1) is 24.0 Å². The number of fused-ring (bicyclic) bond motifs is 1. The lowest BCUT2D eigenvalue weighted by molar-refractivity contribution is 0.180. The second-order valence-electron chi connectivity index (χ2n) is 7.58. The third kappa shape index (κ3) is 3.90. The summed E-state index contributed by atoms with van der Waals surface area (Å²) >= 11 is 0. The third-order valence-electron chi connectivity index (χ3n) is 5.26. The Bertz CT molecular complexity index is 963. The van der Waals surface area contributed by atoms with Crippen molar-refractivity contribution >= 4 is 23.0 Å². The van der Waals surface area contributed by atoms with E-state index in [4.69, 9.17) is 4.74 Å². The van der Waals surface area contributed by atoms with Crippen LogP contribution in [0.4, 0.5) is 21.8 Å². The molecule has 154 valence electrons. The van der Waals surface area contributed by atoms with Gasteiger partial charge in [0.15, 0.2) is 5.82 Å². The number of β-amino-alcohol motifs (C(OH)–C–C–N with tert-alkyl or cyclic N) is 1. The zero-order valence-electron chi connectivity index (χ0n) is 16.8. The lowest BCUT2D eigenvalue weighted by atomic mass is 9.92. The standard InChI is InChI=1S/C21H26FN5O2/c1-11-10-29-20-15(11)8-16(26-21-25-12(2)6-17(23-3)27-21)19(22)18(20)13-4-5-24-9-14(28)7-13/h4,6,8,11,14,24,28H,5,7,9-10H2,1-3H3,(H2,23,25,26,27)/t11-,14+/m0/s1. The van der Waals surface area contributed by atoms with Crippen molar-refractivity contribution in [2.24, 2.45) is 0 Å². The van der Waals surface area contributed by atoms with Gasteiger partial charge in [0, 0.05) is 49.8 Å². The van der Waals surface area contributed by atoms with Crippen molar-refractivity contribution in [3.63, 3.8) is 0 Å². The van der Waals surface area contributed by atoms with Crippen LogP contribution >= 0.6 is 0 Å². The molecule has 4 N–H and O–H groups in total. The van der Waals surface area contributed by atoms with Crippen LogP contribution in [0.15, 0.2) is 18.2 Å². The van der Waals surface area contributed by atoms with Crippen LogP contribution in [0.1, 0.15) is 36.1 Å². The Morgan fingerprint density at radius 2 is 2.14 bits per heavy atom. The van der Waals surface area contributed by atoms with Crippen LogP contribution in [0.25, 0.3) is 5.57 Å². The zero-order chi connectivity index (χ0) is 20.5. The minimum absolute atomic E-state index is 0.144. The molecular formula is C21H26FN5O2. The number of nitrogens with zero attached hydrogens (tertiary/aromatic N) is 2. The first-order valence-corrected chi connectivity index (χ1v) is 9.84. The quantitative estimate of drug-likeness (QED) is 0.628. The molecule has 0 saturated carbocycles. The van der Waals surface area contributed by atoms with Gasteiger partial charge in [0.2, 0.25) is 5.95 Å². The molecule has 0 radical (unpaired) electrons.